The van der Waals surface area contributed by atoms with Gasteiger partial charge in [0.15, 0.2) is 5.78 Å². The van der Waals surface area contributed by atoms with E-state index >= 15 is 0 Å². The molecule has 2 aromatic rings. The van der Waals surface area contributed by atoms with Crippen LogP contribution in [0.15, 0.2) is 18.2 Å². The Bertz CT molecular complexity index is 751. The molecule has 0 N–H and O–H groups in total. The molecule has 1 nitrogen and oxygen atoms in total. The van der Waals surface area contributed by atoms with Crippen molar-refractivity contribution in [1.29, 1.82) is 0 Å². The van der Waals surface area contributed by atoms with Crippen molar-refractivity contribution in [2.75, 3.05) is 0 Å². The second kappa shape index (κ2) is 4.54. The minimum absolute atomic E-state index is 0.0735. The van der Waals surface area contributed by atoms with Crippen LogP contribution >= 0.6 is 58.0 Å². The normalized spacial score (nSPS) is 12.6. The van der Waals surface area contributed by atoms with Crippen LogP contribution in [0.3, 0.4) is 0 Å². The van der Waals surface area contributed by atoms with Crippen molar-refractivity contribution in [2.24, 2.45) is 0 Å². The molecule has 0 fully saturated rings. The lowest BCUT2D eigenvalue weighted by atomic mass is 10.1. The van der Waals surface area contributed by atoms with Gasteiger partial charge in [-0.3, -0.25) is 4.79 Å². The van der Waals surface area contributed by atoms with Gasteiger partial charge in [-0.2, -0.15) is 0 Å². The summed E-state index contributed by atoms with van der Waals surface area (Å²) in [5, 5.41) is 0.896. The molecule has 2 aromatic carbocycles. The molecule has 0 atom stereocenters. The number of benzene rings is 2. The molecule has 0 spiro atoms. The van der Waals surface area contributed by atoms with Crippen molar-refractivity contribution in [1.82, 2.24) is 0 Å². The fourth-order valence-electron chi connectivity index (χ4n) is 2.18. The van der Waals surface area contributed by atoms with Gasteiger partial charge < -0.3 is 0 Å². The Labute approximate surface area is 134 Å². The van der Waals surface area contributed by atoms with Crippen LogP contribution in [-0.2, 0) is 0 Å². The number of halogens is 5. The molecule has 0 heterocycles. The first kappa shape index (κ1) is 13.5. The van der Waals surface area contributed by atoms with Crippen molar-refractivity contribution in [2.45, 2.75) is 0 Å². The maximum absolute atomic E-state index is 12.4. The molecule has 6 heteroatoms. The van der Waals surface area contributed by atoms with Crippen molar-refractivity contribution < 1.29 is 4.79 Å². The van der Waals surface area contributed by atoms with E-state index in [-0.39, 0.29) is 31.4 Å². The van der Waals surface area contributed by atoms with E-state index in [4.69, 9.17) is 58.0 Å². The predicted octanol–water partition coefficient (Wildman–Crippen LogP) is 6.17. The van der Waals surface area contributed by atoms with Crippen molar-refractivity contribution in [3.63, 3.8) is 0 Å². The molecule has 0 radical (unpaired) electrons. The van der Waals surface area contributed by atoms with Crippen LogP contribution in [0, 0.1) is 0 Å². The monoisotopic (exact) mass is 350 g/mol. The van der Waals surface area contributed by atoms with Gasteiger partial charge in [-0.25, -0.2) is 0 Å². The van der Waals surface area contributed by atoms with Crippen LogP contribution in [0.4, 0.5) is 0 Å². The summed E-state index contributed by atoms with van der Waals surface area (Å²) in [6.07, 6.45) is 0. The molecule has 0 amide bonds. The highest BCUT2D eigenvalue weighted by Gasteiger charge is 2.35. The van der Waals surface area contributed by atoms with Crippen LogP contribution in [-0.4, -0.2) is 5.78 Å². The van der Waals surface area contributed by atoms with Gasteiger partial charge in [0.2, 0.25) is 0 Å². The highest BCUT2D eigenvalue weighted by molar-refractivity contribution is 6.55. The largest absolute Gasteiger partial charge is 0.289 e. The molecule has 1 aliphatic carbocycles. The third-order valence-corrected chi connectivity index (χ3v) is 5.12. The topological polar surface area (TPSA) is 17.1 Å². The minimum atomic E-state index is -0.252. The van der Waals surface area contributed by atoms with Gasteiger partial charge in [-0.15, -0.1) is 0 Å². The average molecular weight is 352 g/mol. The number of carbonyl (C=O) groups is 1. The van der Waals surface area contributed by atoms with E-state index in [1.54, 1.807) is 18.2 Å². The zero-order valence-corrected chi connectivity index (χ0v) is 12.8. The molecular formula is C13H3Cl5O. The first-order chi connectivity index (χ1) is 8.95. The Morgan fingerprint density at radius 2 is 1.26 bits per heavy atom. The van der Waals surface area contributed by atoms with Crippen LogP contribution < -0.4 is 0 Å². The number of fused-ring (bicyclic) bond motifs is 3. The second-order valence-electron chi connectivity index (χ2n) is 4.00. The van der Waals surface area contributed by atoms with Gasteiger partial charge >= 0.3 is 0 Å². The summed E-state index contributed by atoms with van der Waals surface area (Å²) in [6.45, 7) is 0. The summed E-state index contributed by atoms with van der Waals surface area (Å²) in [5.74, 6) is -0.252. The van der Waals surface area contributed by atoms with Gasteiger partial charge in [-0.1, -0.05) is 70.1 Å². The Hall–Kier alpha value is -0.440. The standard InChI is InChI=1S/C13H3Cl5O/c14-5-3-1-2-4-6(5)7-8(13(4)19)10(16)12(18)11(17)9(7)15/h1-3H. The molecule has 96 valence electrons. The molecule has 0 aliphatic heterocycles. The zero-order valence-electron chi connectivity index (χ0n) is 9.03. The third-order valence-electron chi connectivity index (χ3n) is 3.00. The number of hydrogen-bond donors (Lipinski definition) is 0. The minimum Gasteiger partial charge on any atom is -0.289 e. The second-order valence-corrected chi connectivity index (χ2v) is 5.92. The summed E-state index contributed by atoms with van der Waals surface area (Å²) in [4.78, 5) is 12.4. The van der Waals surface area contributed by atoms with E-state index in [2.05, 4.69) is 0 Å². The maximum atomic E-state index is 12.4. The molecule has 1 aliphatic rings. The van der Waals surface area contributed by atoms with Crippen LogP contribution in [0.25, 0.3) is 11.1 Å². The zero-order chi connectivity index (χ0) is 13.9. The first-order valence-electron chi connectivity index (χ1n) is 5.14. The number of ketones is 1. The Morgan fingerprint density at radius 3 is 1.89 bits per heavy atom. The SMILES string of the molecule is O=C1c2cccc(Cl)c2-c2c(Cl)c(Cl)c(Cl)c(Cl)c21. The molecule has 0 saturated heterocycles. The third kappa shape index (κ3) is 1.73. The van der Waals surface area contributed by atoms with E-state index < -0.39 is 0 Å². The lowest BCUT2D eigenvalue weighted by Gasteiger charge is -2.10. The summed E-state index contributed by atoms with van der Waals surface area (Å²) in [6, 6.07) is 5.03. The number of carbonyl (C=O) groups excluding carboxylic acids is 1. The van der Waals surface area contributed by atoms with Gasteiger partial charge in [0.1, 0.15) is 0 Å². The number of rotatable bonds is 0. The molecule has 19 heavy (non-hydrogen) atoms. The molecule has 0 aromatic heterocycles. The van der Waals surface area contributed by atoms with E-state index in [0.29, 0.717) is 21.7 Å². The highest BCUT2D eigenvalue weighted by Crippen LogP contribution is 2.52. The summed E-state index contributed by atoms with van der Waals surface area (Å²) < 4.78 is 0. The average Bonchev–Trinajstić information content (AvgIpc) is 2.69. The van der Waals surface area contributed by atoms with Crippen molar-refractivity contribution in [3.05, 3.63) is 54.4 Å². The lowest BCUT2D eigenvalue weighted by Crippen LogP contribution is -1.97. The van der Waals surface area contributed by atoms with Gasteiger partial charge in [0.05, 0.1) is 25.7 Å². The molecule has 0 saturated carbocycles. The molecular weight excluding hydrogens is 349 g/mol. The highest BCUT2D eigenvalue weighted by atomic mass is 35.5. The molecule has 3 rings (SSSR count). The maximum Gasteiger partial charge on any atom is 0.195 e. The Balaban J connectivity index is 2.54. The van der Waals surface area contributed by atoms with E-state index in [1.807, 2.05) is 0 Å². The quantitative estimate of drug-likeness (QED) is 0.349. The summed E-state index contributed by atoms with van der Waals surface area (Å²) in [5.41, 5.74) is 1.70. The lowest BCUT2D eigenvalue weighted by molar-refractivity contribution is 0.104. The number of hydrogen-bond acceptors (Lipinski definition) is 1. The molecule has 0 unspecified atom stereocenters. The Morgan fingerprint density at radius 1 is 0.684 bits per heavy atom. The van der Waals surface area contributed by atoms with E-state index in [9.17, 15) is 4.79 Å². The van der Waals surface area contributed by atoms with Crippen LogP contribution in [0.5, 0.6) is 0 Å². The summed E-state index contributed by atoms with van der Waals surface area (Å²) in [7, 11) is 0. The van der Waals surface area contributed by atoms with Crippen molar-refractivity contribution in [3.8, 4) is 11.1 Å². The van der Waals surface area contributed by atoms with Crippen LogP contribution in [0.1, 0.15) is 15.9 Å². The first-order valence-corrected chi connectivity index (χ1v) is 7.03. The van der Waals surface area contributed by atoms with Crippen molar-refractivity contribution >= 4 is 63.8 Å². The van der Waals surface area contributed by atoms with E-state index in [0.717, 1.165) is 0 Å². The van der Waals surface area contributed by atoms with Gasteiger partial charge in [0.25, 0.3) is 0 Å². The molecule has 0 bridgehead atoms. The predicted molar refractivity (Wildman–Crippen MR) is 80.4 cm³/mol. The fraction of sp³-hybridized carbons (Fsp3) is 0. The van der Waals surface area contributed by atoms with Gasteiger partial charge in [-0.05, 0) is 6.07 Å². The van der Waals surface area contributed by atoms with E-state index in [1.165, 1.54) is 0 Å². The van der Waals surface area contributed by atoms with Crippen LogP contribution in [0.2, 0.25) is 25.1 Å². The smallest absolute Gasteiger partial charge is 0.195 e. The Kier molecular flexibility index (Phi) is 3.24. The fourth-order valence-corrected chi connectivity index (χ4v) is 3.48. The van der Waals surface area contributed by atoms with Gasteiger partial charge in [0, 0.05) is 21.7 Å². The summed E-state index contributed by atoms with van der Waals surface area (Å²) >= 11 is 30.5.